The van der Waals surface area contributed by atoms with Crippen LogP contribution in [0.4, 0.5) is 0 Å². The van der Waals surface area contributed by atoms with Crippen LogP contribution in [0.3, 0.4) is 0 Å². The molecule has 0 atom stereocenters. The molecule has 0 unspecified atom stereocenters. The van der Waals surface area contributed by atoms with Crippen molar-refractivity contribution in [3.63, 3.8) is 0 Å². The number of amides is 1. The van der Waals surface area contributed by atoms with Crippen molar-refractivity contribution in [3.05, 3.63) is 49.7 Å². The highest BCUT2D eigenvalue weighted by molar-refractivity contribution is 9.10. The summed E-state index contributed by atoms with van der Waals surface area (Å²) in [7, 11) is 0. The predicted molar refractivity (Wildman–Crippen MR) is 85.3 cm³/mol. The second kappa shape index (κ2) is 5.91. The number of carbonyl (C=O) groups is 1. The molecule has 0 saturated carbocycles. The van der Waals surface area contributed by atoms with Crippen molar-refractivity contribution >= 4 is 45.0 Å². The molecule has 0 aliphatic carbocycles. The number of benzene rings is 1. The van der Waals surface area contributed by atoms with E-state index in [1.165, 1.54) is 6.07 Å². The fourth-order valence-electron chi connectivity index (χ4n) is 2.27. The molecule has 0 saturated heterocycles. The summed E-state index contributed by atoms with van der Waals surface area (Å²) in [6, 6.07) is 5.48. The van der Waals surface area contributed by atoms with Crippen LogP contribution in [-0.2, 0) is 13.0 Å². The Morgan fingerprint density at radius 1 is 1.38 bits per heavy atom. The molecular formula is C14H11BrCl2N2O2. The van der Waals surface area contributed by atoms with Crippen molar-refractivity contribution < 1.29 is 9.53 Å². The van der Waals surface area contributed by atoms with Gasteiger partial charge < -0.3 is 15.0 Å². The number of hydrogen-bond acceptors (Lipinski definition) is 2. The van der Waals surface area contributed by atoms with Crippen molar-refractivity contribution in [2.45, 2.75) is 13.0 Å². The van der Waals surface area contributed by atoms with Gasteiger partial charge in [0.25, 0.3) is 5.91 Å². The fourth-order valence-corrected chi connectivity index (χ4v) is 3.14. The van der Waals surface area contributed by atoms with E-state index in [0.29, 0.717) is 23.9 Å². The van der Waals surface area contributed by atoms with Crippen molar-refractivity contribution in [2.24, 2.45) is 0 Å². The predicted octanol–water partition coefficient (Wildman–Crippen LogP) is 3.95. The quantitative estimate of drug-likeness (QED) is 0.834. The SMILES string of the molecule is O=C(NCc1cc(Br)cc2c1OCC2)c1cc(Cl)c(Cl)[nH]1. The van der Waals surface area contributed by atoms with Crippen LogP contribution in [-0.4, -0.2) is 17.5 Å². The summed E-state index contributed by atoms with van der Waals surface area (Å²) in [4.78, 5) is 14.8. The minimum Gasteiger partial charge on any atom is -0.493 e. The third-order valence-corrected chi connectivity index (χ3v) is 4.39. The van der Waals surface area contributed by atoms with Gasteiger partial charge in [0, 0.05) is 23.0 Å². The van der Waals surface area contributed by atoms with E-state index in [-0.39, 0.29) is 11.1 Å². The smallest absolute Gasteiger partial charge is 0.268 e. The van der Waals surface area contributed by atoms with Crippen LogP contribution >= 0.6 is 39.1 Å². The van der Waals surface area contributed by atoms with Crippen LogP contribution in [0.15, 0.2) is 22.7 Å². The second-order valence-electron chi connectivity index (χ2n) is 4.68. The standard InChI is InChI=1S/C14H11BrCl2N2O2/c15-9-3-7-1-2-21-12(7)8(4-9)6-18-14(20)11-5-10(16)13(17)19-11/h3-5,19H,1-2,6H2,(H,18,20). The topological polar surface area (TPSA) is 54.1 Å². The zero-order valence-electron chi connectivity index (χ0n) is 10.8. The summed E-state index contributed by atoms with van der Waals surface area (Å²) in [5, 5.41) is 3.41. The maximum Gasteiger partial charge on any atom is 0.268 e. The van der Waals surface area contributed by atoms with E-state index in [1.807, 2.05) is 12.1 Å². The molecule has 110 valence electrons. The van der Waals surface area contributed by atoms with Gasteiger partial charge in [-0.25, -0.2) is 0 Å². The Labute approximate surface area is 139 Å². The summed E-state index contributed by atoms with van der Waals surface area (Å²) in [5.41, 5.74) is 2.42. The summed E-state index contributed by atoms with van der Waals surface area (Å²) in [6.07, 6.45) is 0.886. The molecule has 1 aromatic carbocycles. The molecule has 4 nitrogen and oxygen atoms in total. The minimum atomic E-state index is -0.268. The maximum atomic E-state index is 12.1. The average molecular weight is 390 g/mol. The number of H-pyrrole nitrogens is 1. The number of carbonyl (C=O) groups excluding carboxylic acids is 1. The van der Waals surface area contributed by atoms with E-state index >= 15 is 0 Å². The first-order chi connectivity index (χ1) is 10.0. The lowest BCUT2D eigenvalue weighted by atomic mass is 10.1. The first kappa shape index (κ1) is 14.8. The van der Waals surface area contributed by atoms with Gasteiger partial charge in [-0.1, -0.05) is 39.1 Å². The number of fused-ring (bicyclic) bond motifs is 1. The molecule has 0 bridgehead atoms. The van der Waals surface area contributed by atoms with Gasteiger partial charge in [0.2, 0.25) is 0 Å². The largest absolute Gasteiger partial charge is 0.493 e. The van der Waals surface area contributed by atoms with Crippen LogP contribution in [0.1, 0.15) is 21.6 Å². The Kier molecular flexibility index (Phi) is 4.15. The zero-order chi connectivity index (χ0) is 15.0. The van der Waals surface area contributed by atoms with Crippen LogP contribution in [0.2, 0.25) is 10.2 Å². The summed E-state index contributed by atoms with van der Waals surface area (Å²) in [5.74, 6) is 0.594. The molecule has 1 aromatic heterocycles. The van der Waals surface area contributed by atoms with Crippen LogP contribution in [0.5, 0.6) is 5.75 Å². The molecule has 2 heterocycles. The van der Waals surface area contributed by atoms with E-state index in [2.05, 4.69) is 26.2 Å². The number of aromatic amines is 1. The maximum absolute atomic E-state index is 12.1. The molecule has 1 aliphatic heterocycles. The number of aromatic nitrogens is 1. The first-order valence-corrected chi connectivity index (χ1v) is 7.86. The molecular weight excluding hydrogens is 379 g/mol. The lowest BCUT2D eigenvalue weighted by Crippen LogP contribution is -2.23. The van der Waals surface area contributed by atoms with Gasteiger partial charge in [0.05, 0.1) is 11.6 Å². The van der Waals surface area contributed by atoms with Crippen molar-refractivity contribution in [1.29, 1.82) is 0 Å². The molecule has 3 rings (SSSR count). The zero-order valence-corrected chi connectivity index (χ0v) is 13.9. The third kappa shape index (κ3) is 3.05. The van der Waals surface area contributed by atoms with Crippen molar-refractivity contribution in [1.82, 2.24) is 10.3 Å². The van der Waals surface area contributed by atoms with Gasteiger partial charge in [0.1, 0.15) is 16.6 Å². The summed E-state index contributed by atoms with van der Waals surface area (Å²) < 4.78 is 6.60. The molecule has 7 heteroatoms. The molecule has 0 radical (unpaired) electrons. The van der Waals surface area contributed by atoms with Gasteiger partial charge in [-0.15, -0.1) is 0 Å². The van der Waals surface area contributed by atoms with Gasteiger partial charge >= 0.3 is 0 Å². The number of halogens is 3. The van der Waals surface area contributed by atoms with Gasteiger partial charge in [-0.05, 0) is 23.8 Å². The van der Waals surface area contributed by atoms with Gasteiger partial charge in [-0.2, -0.15) is 0 Å². The Hall–Kier alpha value is -1.17. The van der Waals surface area contributed by atoms with E-state index in [4.69, 9.17) is 27.9 Å². The highest BCUT2D eigenvalue weighted by Crippen LogP contribution is 2.33. The van der Waals surface area contributed by atoms with E-state index < -0.39 is 0 Å². The normalized spacial score (nSPS) is 12.9. The lowest BCUT2D eigenvalue weighted by Gasteiger charge is -2.10. The Morgan fingerprint density at radius 3 is 2.90 bits per heavy atom. The highest BCUT2D eigenvalue weighted by Gasteiger charge is 2.18. The minimum absolute atomic E-state index is 0.258. The number of rotatable bonds is 3. The number of ether oxygens (including phenoxy) is 1. The monoisotopic (exact) mass is 388 g/mol. The lowest BCUT2D eigenvalue weighted by molar-refractivity contribution is 0.0946. The Bertz CT molecular complexity index is 696. The second-order valence-corrected chi connectivity index (χ2v) is 6.38. The summed E-state index contributed by atoms with van der Waals surface area (Å²) in [6.45, 7) is 1.05. The Balaban J connectivity index is 1.75. The molecule has 0 fully saturated rings. The van der Waals surface area contributed by atoms with Crippen LogP contribution < -0.4 is 10.1 Å². The average Bonchev–Trinajstić information content (AvgIpc) is 3.03. The van der Waals surface area contributed by atoms with Gasteiger partial charge in [-0.3, -0.25) is 4.79 Å². The van der Waals surface area contributed by atoms with E-state index in [1.54, 1.807) is 0 Å². The molecule has 1 aliphatic rings. The molecule has 21 heavy (non-hydrogen) atoms. The van der Waals surface area contributed by atoms with Crippen molar-refractivity contribution in [2.75, 3.05) is 6.61 Å². The number of hydrogen-bond donors (Lipinski definition) is 2. The Morgan fingerprint density at radius 2 is 2.19 bits per heavy atom. The number of nitrogens with one attached hydrogen (secondary N) is 2. The van der Waals surface area contributed by atoms with E-state index in [9.17, 15) is 4.79 Å². The first-order valence-electron chi connectivity index (χ1n) is 6.31. The molecule has 1 amide bonds. The highest BCUT2D eigenvalue weighted by atomic mass is 79.9. The van der Waals surface area contributed by atoms with Gasteiger partial charge in [0.15, 0.2) is 0 Å². The third-order valence-electron chi connectivity index (χ3n) is 3.23. The summed E-state index contributed by atoms with van der Waals surface area (Å²) >= 11 is 15.1. The van der Waals surface area contributed by atoms with E-state index in [0.717, 1.165) is 27.8 Å². The van der Waals surface area contributed by atoms with Crippen LogP contribution in [0.25, 0.3) is 0 Å². The fraction of sp³-hybridized carbons (Fsp3) is 0.214. The molecule has 2 aromatic rings. The molecule has 0 spiro atoms. The molecule has 2 N–H and O–H groups in total. The van der Waals surface area contributed by atoms with Crippen LogP contribution in [0, 0.1) is 0 Å². The van der Waals surface area contributed by atoms with Crippen molar-refractivity contribution in [3.8, 4) is 5.75 Å².